The summed E-state index contributed by atoms with van der Waals surface area (Å²) in [5, 5.41) is 23.4. The van der Waals surface area contributed by atoms with E-state index in [9.17, 15) is 10.2 Å². The lowest BCUT2D eigenvalue weighted by atomic mass is 9.71. The molecule has 1 aliphatic carbocycles. The zero-order chi connectivity index (χ0) is 14.8. The first kappa shape index (κ1) is 15.8. The molecule has 0 heterocycles. The third-order valence-corrected chi connectivity index (χ3v) is 4.96. The molecule has 0 bridgehead atoms. The first-order valence-electron chi connectivity index (χ1n) is 7.20. The smallest absolute Gasteiger partial charge is 0.129 e. The number of aliphatic hydroxyl groups is 1. The van der Waals surface area contributed by atoms with Gasteiger partial charge in [-0.1, -0.05) is 19.9 Å². The van der Waals surface area contributed by atoms with Gasteiger partial charge in [-0.25, -0.2) is 0 Å². The first-order chi connectivity index (χ1) is 9.30. The lowest BCUT2D eigenvalue weighted by Gasteiger charge is -2.40. The van der Waals surface area contributed by atoms with Crippen molar-refractivity contribution in [2.75, 3.05) is 6.54 Å². The molecule has 1 fully saturated rings. The Morgan fingerprint density at radius 1 is 1.20 bits per heavy atom. The minimum absolute atomic E-state index is 0.252. The minimum Gasteiger partial charge on any atom is -0.507 e. The van der Waals surface area contributed by atoms with Gasteiger partial charge >= 0.3 is 0 Å². The van der Waals surface area contributed by atoms with E-state index in [2.05, 4.69) is 35.1 Å². The number of phenolic OH excluding ortho intramolecular Hbond substituents is 1. The Labute approximate surface area is 129 Å². The lowest BCUT2D eigenvalue weighted by molar-refractivity contribution is -0.0245. The van der Waals surface area contributed by atoms with Crippen LogP contribution >= 0.6 is 15.9 Å². The number of nitrogens with one attached hydrogen (secondary N) is 1. The molecule has 3 nitrogen and oxygen atoms in total. The van der Waals surface area contributed by atoms with E-state index in [1.54, 1.807) is 6.07 Å². The summed E-state index contributed by atoms with van der Waals surface area (Å²) in [5.74, 6) is 0.252. The Bertz CT molecular complexity index is 464. The molecule has 1 aromatic carbocycles. The molecule has 0 atom stereocenters. The van der Waals surface area contributed by atoms with Crippen LogP contribution in [0.15, 0.2) is 22.7 Å². The average molecular weight is 342 g/mol. The minimum atomic E-state index is -0.566. The monoisotopic (exact) mass is 341 g/mol. The molecule has 20 heavy (non-hydrogen) atoms. The SMILES string of the molecule is CC1(C)CCC(O)(CNCc2ccc(O)c(Br)c2)CC1. The fourth-order valence-corrected chi connectivity index (χ4v) is 3.09. The Morgan fingerprint density at radius 2 is 1.85 bits per heavy atom. The zero-order valence-corrected chi connectivity index (χ0v) is 13.8. The standard InChI is InChI=1S/C16H24BrNO2/c1-15(2)5-7-16(20,8-6-15)11-18-10-12-3-4-14(19)13(17)9-12/h3-4,9,18-20H,5-8,10-11H2,1-2H3. The predicted molar refractivity (Wildman–Crippen MR) is 84.7 cm³/mol. The summed E-state index contributed by atoms with van der Waals surface area (Å²) in [6, 6.07) is 5.47. The second kappa shape index (κ2) is 6.04. The number of hydrogen-bond acceptors (Lipinski definition) is 3. The number of benzene rings is 1. The number of phenols is 1. The Kier molecular flexibility index (Phi) is 4.77. The highest BCUT2D eigenvalue weighted by atomic mass is 79.9. The molecule has 0 amide bonds. The van der Waals surface area contributed by atoms with Crippen LogP contribution in [0.3, 0.4) is 0 Å². The molecular formula is C16H24BrNO2. The van der Waals surface area contributed by atoms with Gasteiger partial charge in [0, 0.05) is 13.1 Å². The van der Waals surface area contributed by atoms with Gasteiger partial charge in [0.2, 0.25) is 0 Å². The van der Waals surface area contributed by atoms with E-state index in [1.807, 2.05) is 12.1 Å². The second-order valence-electron chi connectivity index (χ2n) is 6.78. The number of rotatable bonds is 4. The average Bonchev–Trinajstić information content (AvgIpc) is 2.38. The lowest BCUT2D eigenvalue weighted by Crippen LogP contribution is -2.44. The highest BCUT2D eigenvalue weighted by molar-refractivity contribution is 9.10. The van der Waals surface area contributed by atoms with Crippen LogP contribution < -0.4 is 5.32 Å². The van der Waals surface area contributed by atoms with Crippen molar-refractivity contribution in [1.29, 1.82) is 0 Å². The van der Waals surface area contributed by atoms with Crippen molar-refractivity contribution in [3.63, 3.8) is 0 Å². The van der Waals surface area contributed by atoms with Gasteiger partial charge in [0.05, 0.1) is 10.1 Å². The summed E-state index contributed by atoms with van der Waals surface area (Å²) in [6.45, 7) is 5.87. The highest BCUT2D eigenvalue weighted by Gasteiger charge is 2.36. The Hall–Kier alpha value is -0.580. The van der Waals surface area contributed by atoms with E-state index in [0.717, 1.165) is 31.2 Å². The third kappa shape index (κ3) is 4.21. The molecule has 2 rings (SSSR count). The fraction of sp³-hybridized carbons (Fsp3) is 0.625. The first-order valence-corrected chi connectivity index (χ1v) is 8.00. The van der Waals surface area contributed by atoms with Gasteiger partial charge < -0.3 is 15.5 Å². The summed E-state index contributed by atoms with van der Waals surface area (Å²) < 4.78 is 0.704. The van der Waals surface area contributed by atoms with E-state index >= 15 is 0 Å². The van der Waals surface area contributed by atoms with Gasteiger partial charge in [-0.2, -0.15) is 0 Å². The molecule has 1 aliphatic rings. The van der Waals surface area contributed by atoms with Crippen LogP contribution in [0.1, 0.15) is 45.1 Å². The summed E-state index contributed by atoms with van der Waals surface area (Å²) in [5.41, 5.74) is 0.895. The van der Waals surface area contributed by atoms with Gasteiger partial charge in [0.15, 0.2) is 0 Å². The molecule has 1 saturated carbocycles. The van der Waals surface area contributed by atoms with E-state index < -0.39 is 5.60 Å². The van der Waals surface area contributed by atoms with E-state index in [-0.39, 0.29) is 5.75 Å². The van der Waals surface area contributed by atoms with Crippen molar-refractivity contribution in [2.24, 2.45) is 5.41 Å². The van der Waals surface area contributed by atoms with Crippen LogP contribution in [0.25, 0.3) is 0 Å². The third-order valence-electron chi connectivity index (χ3n) is 4.33. The van der Waals surface area contributed by atoms with Crippen LogP contribution in [0, 0.1) is 5.41 Å². The summed E-state index contributed by atoms with van der Waals surface area (Å²) in [6.07, 6.45) is 3.89. The molecule has 0 spiro atoms. The van der Waals surface area contributed by atoms with Crippen molar-refractivity contribution in [3.05, 3.63) is 28.2 Å². The summed E-state index contributed by atoms with van der Waals surface area (Å²) in [4.78, 5) is 0. The van der Waals surface area contributed by atoms with Gasteiger partial charge in [0.25, 0.3) is 0 Å². The van der Waals surface area contributed by atoms with Crippen LogP contribution in [-0.2, 0) is 6.54 Å². The molecule has 0 aromatic heterocycles. The van der Waals surface area contributed by atoms with Crippen molar-refractivity contribution in [3.8, 4) is 5.75 Å². The van der Waals surface area contributed by atoms with Gasteiger partial charge in [-0.3, -0.25) is 0 Å². The topological polar surface area (TPSA) is 52.5 Å². The number of aromatic hydroxyl groups is 1. The normalized spacial score (nSPS) is 20.8. The van der Waals surface area contributed by atoms with Crippen molar-refractivity contribution in [2.45, 2.75) is 51.7 Å². The Balaban J connectivity index is 1.82. The molecule has 1 aromatic rings. The van der Waals surface area contributed by atoms with Crippen LogP contribution in [0.2, 0.25) is 0 Å². The van der Waals surface area contributed by atoms with Crippen LogP contribution in [-0.4, -0.2) is 22.4 Å². The summed E-state index contributed by atoms with van der Waals surface area (Å²) in [7, 11) is 0. The van der Waals surface area contributed by atoms with Crippen LogP contribution in [0.4, 0.5) is 0 Å². The highest BCUT2D eigenvalue weighted by Crippen LogP contribution is 2.39. The molecule has 0 radical (unpaired) electrons. The van der Waals surface area contributed by atoms with Crippen molar-refractivity contribution < 1.29 is 10.2 Å². The van der Waals surface area contributed by atoms with Crippen molar-refractivity contribution >= 4 is 15.9 Å². The Morgan fingerprint density at radius 3 is 2.45 bits per heavy atom. The van der Waals surface area contributed by atoms with E-state index in [4.69, 9.17) is 0 Å². The quantitative estimate of drug-likeness (QED) is 0.784. The van der Waals surface area contributed by atoms with Gasteiger partial charge in [-0.15, -0.1) is 0 Å². The molecular weight excluding hydrogens is 318 g/mol. The largest absolute Gasteiger partial charge is 0.507 e. The number of halogens is 1. The van der Waals surface area contributed by atoms with Crippen LogP contribution in [0.5, 0.6) is 5.75 Å². The maximum atomic E-state index is 10.6. The van der Waals surface area contributed by atoms with E-state index in [1.165, 1.54) is 0 Å². The summed E-state index contributed by atoms with van der Waals surface area (Å²) >= 11 is 3.31. The fourth-order valence-electron chi connectivity index (χ4n) is 2.67. The molecule has 4 heteroatoms. The van der Waals surface area contributed by atoms with Crippen molar-refractivity contribution in [1.82, 2.24) is 5.32 Å². The van der Waals surface area contributed by atoms with E-state index in [0.29, 0.717) is 23.0 Å². The van der Waals surface area contributed by atoms with Gasteiger partial charge in [-0.05, 0) is 64.7 Å². The molecule has 3 N–H and O–H groups in total. The zero-order valence-electron chi connectivity index (χ0n) is 12.2. The predicted octanol–water partition coefficient (Wildman–Crippen LogP) is 3.58. The second-order valence-corrected chi connectivity index (χ2v) is 7.63. The molecule has 0 unspecified atom stereocenters. The maximum absolute atomic E-state index is 10.6. The molecule has 112 valence electrons. The number of hydrogen-bond donors (Lipinski definition) is 3. The van der Waals surface area contributed by atoms with Gasteiger partial charge in [0.1, 0.15) is 5.75 Å². The maximum Gasteiger partial charge on any atom is 0.129 e. The molecule has 0 aliphatic heterocycles. The molecule has 0 saturated heterocycles.